The Hall–Kier alpha value is 0.278. The van der Waals surface area contributed by atoms with Crippen molar-refractivity contribution in [2.45, 2.75) is 36.1 Å². The van der Waals surface area contributed by atoms with Gasteiger partial charge in [0.25, 0.3) is 0 Å². The van der Waals surface area contributed by atoms with Crippen molar-refractivity contribution in [2.24, 2.45) is 0 Å². The van der Waals surface area contributed by atoms with E-state index in [4.69, 9.17) is 13.6 Å². The quantitative estimate of drug-likeness (QED) is 0.269. The van der Waals surface area contributed by atoms with Crippen molar-refractivity contribution in [3.8, 4) is 0 Å². The molecule has 5 N–H and O–H groups in total. The van der Waals surface area contributed by atoms with Crippen LogP contribution in [0.3, 0.4) is 0 Å². The van der Waals surface area contributed by atoms with E-state index in [2.05, 4.69) is 0 Å². The number of aliphatic hydroxyl groups is 5. The average Bonchev–Trinajstić information content (AvgIpc) is 2.47. The number of hydrogen-bond acceptors (Lipinski definition) is 7. The molecule has 15 heavy (non-hydrogen) atoms. The Morgan fingerprint density at radius 2 is 1.93 bits per heavy atom. The summed E-state index contributed by atoms with van der Waals surface area (Å²) in [6.45, 7) is -1.00. The third-order valence-corrected chi connectivity index (χ3v) is 3.12. The monoisotopic (exact) mass is 286 g/mol. The van der Waals surface area contributed by atoms with Crippen molar-refractivity contribution in [2.75, 3.05) is 6.61 Å². The summed E-state index contributed by atoms with van der Waals surface area (Å²) in [6.07, 6.45) is -5.40. The molecule has 0 saturated carbocycles. The predicted molar refractivity (Wildman–Crippen MR) is 49.0 cm³/mol. The molecule has 5 atom stereocenters. The zero-order valence-corrected chi connectivity index (χ0v) is 10.2. The number of aliphatic hydroxyl groups excluding tert-OH is 3. The van der Waals surface area contributed by atoms with Gasteiger partial charge in [0.1, 0.15) is 0 Å². The molecule has 1 aliphatic heterocycles. The van der Waals surface area contributed by atoms with Crippen LogP contribution < -0.4 is 0 Å². The van der Waals surface area contributed by atoms with E-state index in [1.165, 1.54) is 0 Å². The maximum absolute atomic E-state index is 9.45. The minimum atomic E-state index is -2.59. The van der Waals surface area contributed by atoms with Crippen molar-refractivity contribution < 1.29 is 34.0 Å². The van der Waals surface area contributed by atoms with Gasteiger partial charge in [-0.2, -0.15) is 0 Å². The van der Waals surface area contributed by atoms with Crippen LogP contribution in [0.5, 0.6) is 0 Å². The van der Waals surface area contributed by atoms with Crippen LogP contribution in [0.25, 0.3) is 0 Å². The first-order valence-corrected chi connectivity index (χ1v) is 7.29. The van der Waals surface area contributed by atoms with Crippen LogP contribution in [0.15, 0.2) is 0 Å². The molecule has 1 fully saturated rings. The predicted octanol–water partition coefficient (Wildman–Crippen LogP) is -3.48. The van der Waals surface area contributed by atoms with Gasteiger partial charge in [0, 0.05) is 0 Å². The summed E-state index contributed by atoms with van der Waals surface area (Å²) in [5.41, 5.74) is 1.78. The third kappa shape index (κ3) is 2.69. The molecule has 7 nitrogen and oxygen atoms in total. The molecular formula is C7H15AsO7. The summed E-state index contributed by atoms with van der Waals surface area (Å²) in [7, 11) is 0. The molecule has 0 aliphatic carbocycles. The van der Waals surface area contributed by atoms with Crippen LogP contribution >= 0.6 is 0 Å². The van der Waals surface area contributed by atoms with Gasteiger partial charge in [-0.1, -0.05) is 0 Å². The maximum atomic E-state index is 9.45. The molecule has 0 amide bonds. The second-order valence-electron chi connectivity index (χ2n) is 3.26. The zero-order valence-electron chi connectivity index (χ0n) is 8.07. The second-order valence-corrected chi connectivity index (χ2v) is 4.62. The van der Waals surface area contributed by atoms with E-state index < -0.39 is 53.1 Å². The Labute approximate surface area is 93.3 Å². The molecule has 0 bridgehead atoms. The molecule has 8 heteroatoms. The van der Waals surface area contributed by atoms with Gasteiger partial charge in [-0.25, -0.2) is 0 Å². The molecule has 0 spiro atoms. The Morgan fingerprint density at radius 1 is 1.33 bits per heavy atom. The van der Waals surface area contributed by atoms with Crippen LogP contribution in [0, 0.1) is 0 Å². The standard InChI is InChI=1S/C7H15AsO7/c1-8-15-6-4(11)3(10)5(14-6)7(12,13)2-9/h3-6,8-13H,2H2,1H3. The summed E-state index contributed by atoms with van der Waals surface area (Å²) in [6, 6.07) is 0. The molecule has 1 rings (SSSR count). The number of ether oxygens (including phenoxy) is 1. The van der Waals surface area contributed by atoms with Gasteiger partial charge in [0.05, 0.1) is 0 Å². The van der Waals surface area contributed by atoms with E-state index in [9.17, 15) is 20.4 Å². The fraction of sp³-hybridized carbons (Fsp3) is 1.00. The topological polar surface area (TPSA) is 120 Å². The molecular weight excluding hydrogens is 271 g/mol. The molecule has 0 radical (unpaired) electrons. The van der Waals surface area contributed by atoms with Gasteiger partial charge in [0.15, 0.2) is 0 Å². The van der Waals surface area contributed by atoms with Crippen LogP contribution in [-0.2, 0) is 8.46 Å². The van der Waals surface area contributed by atoms with E-state index >= 15 is 0 Å². The molecule has 1 saturated heterocycles. The SMILES string of the molecule is C[AsH]OC1OC(C(O)(O)CO)C(O)C1O. The van der Waals surface area contributed by atoms with Gasteiger partial charge in [-0.15, -0.1) is 0 Å². The molecule has 1 aliphatic rings. The fourth-order valence-electron chi connectivity index (χ4n) is 1.33. The summed E-state index contributed by atoms with van der Waals surface area (Å²) < 4.78 is 9.98. The van der Waals surface area contributed by atoms with Crippen molar-refractivity contribution in [3.05, 3.63) is 0 Å². The first-order chi connectivity index (χ1) is 6.94. The van der Waals surface area contributed by atoms with Gasteiger partial charge in [0.2, 0.25) is 0 Å². The number of rotatable bonds is 4. The zero-order chi connectivity index (χ0) is 11.6. The van der Waals surface area contributed by atoms with E-state index in [1.807, 2.05) is 0 Å². The minimum absolute atomic E-state index is 0.754. The Kier molecular flexibility index (Phi) is 4.51. The van der Waals surface area contributed by atoms with Crippen molar-refractivity contribution in [3.63, 3.8) is 0 Å². The van der Waals surface area contributed by atoms with Crippen LogP contribution in [0.2, 0.25) is 5.71 Å². The fourth-order valence-corrected chi connectivity index (χ4v) is 2.23. The molecule has 1 heterocycles. The van der Waals surface area contributed by atoms with Gasteiger partial charge in [-0.3, -0.25) is 0 Å². The Morgan fingerprint density at radius 3 is 2.40 bits per heavy atom. The van der Waals surface area contributed by atoms with Crippen molar-refractivity contribution in [1.29, 1.82) is 0 Å². The second kappa shape index (κ2) is 5.07. The molecule has 90 valence electrons. The summed E-state index contributed by atoms with van der Waals surface area (Å²) in [5, 5.41) is 46.1. The Balaban J connectivity index is 2.70. The van der Waals surface area contributed by atoms with Gasteiger partial charge >= 0.3 is 92.8 Å². The molecule has 0 aromatic rings. The van der Waals surface area contributed by atoms with Gasteiger partial charge in [-0.05, 0) is 0 Å². The van der Waals surface area contributed by atoms with Crippen LogP contribution in [0.4, 0.5) is 0 Å². The Bertz CT molecular complexity index is 212. The molecule has 0 aromatic heterocycles. The van der Waals surface area contributed by atoms with E-state index in [0.717, 1.165) is 0 Å². The molecule has 5 unspecified atom stereocenters. The first kappa shape index (κ1) is 13.3. The summed E-state index contributed by atoms with van der Waals surface area (Å²) in [5.74, 6) is -2.59. The van der Waals surface area contributed by atoms with Crippen LogP contribution in [0.1, 0.15) is 0 Å². The van der Waals surface area contributed by atoms with Crippen LogP contribution in [-0.4, -0.2) is 78.6 Å². The summed E-state index contributed by atoms with van der Waals surface area (Å²) in [4.78, 5) is 0. The van der Waals surface area contributed by atoms with Gasteiger partial charge < -0.3 is 0 Å². The first-order valence-electron chi connectivity index (χ1n) is 4.33. The van der Waals surface area contributed by atoms with Crippen molar-refractivity contribution >= 4 is 16.1 Å². The third-order valence-electron chi connectivity index (χ3n) is 2.14. The summed E-state index contributed by atoms with van der Waals surface area (Å²) >= 11 is -0.754. The van der Waals surface area contributed by atoms with Crippen molar-refractivity contribution in [1.82, 2.24) is 0 Å². The van der Waals surface area contributed by atoms with E-state index in [-0.39, 0.29) is 0 Å². The van der Waals surface area contributed by atoms with E-state index in [0.29, 0.717) is 0 Å². The normalized spacial score (nSPS) is 38.0. The number of hydrogen-bond donors (Lipinski definition) is 5. The average molecular weight is 286 g/mol. The van der Waals surface area contributed by atoms with E-state index in [1.54, 1.807) is 5.71 Å². The molecule has 0 aromatic carbocycles.